The zero-order valence-electron chi connectivity index (χ0n) is 12.7. The molecule has 4 nitrogen and oxygen atoms in total. The monoisotopic (exact) mass is 289 g/mol. The van der Waals surface area contributed by atoms with E-state index >= 15 is 0 Å². The predicted molar refractivity (Wildman–Crippen MR) is 79.8 cm³/mol. The molecule has 114 valence electrons. The average Bonchev–Trinajstić information content (AvgIpc) is 2.70. The van der Waals surface area contributed by atoms with Crippen LogP contribution in [0.5, 0.6) is 0 Å². The molecule has 0 bridgehead atoms. The SMILES string of the molecule is CC1(C)OC(=O)N([C@H]2CC[C@@H](O)CC2)[C@H]1c1ccccc1. The van der Waals surface area contributed by atoms with Crippen LogP contribution in [0.25, 0.3) is 0 Å². The zero-order valence-corrected chi connectivity index (χ0v) is 12.7. The second-order valence-corrected chi connectivity index (χ2v) is 6.65. The van der Waals surface area contributed by atoms with E-state index in [-0.39, 0.29) is 24.3 Å². The lowest BCUT2D eigenvalue weighted by Crippen LogP contribution is -2.43. The quantitative estimate of drug-likeness (QED) is 0.909. The molecule has 0 spiro atoms. The molecular weight excluding hydrogens is 266 g/mol. The van der Waals surface area contributed by atoms with Crippen molar-refractivity contribution in [3.63, 3.8) is 0 Å². The predicted octanol–water partition coefficient (Wildman–Crippen LogP) is 3.26. The summed E-state index contributed by atoms with van der Waals surface area (Å²) >= 11 is 0. The summed E-state index contributed by atoms with van der Waals surface area (Å²) < 4.78 is 5.63. The Balaban J connectivity index is 1.91. The molecule has 4 heteroatoms. The van der Waals surface area contributed by atoms with Gasteiger partial charge in [0.2, 0.25) is 0 Å². The molecule has 0 radical (unpaired) electrons. The van der Waals surface area contributed by atoms with Crippen molar-refractivity contribution in [2.45, 2.75) is 63.3 Å². The fourth-order valence-corrected chi connectivity index (χ4v) is 3.67. The first kappa shape index (κ1) is 14.4. The van der Waals surface area contributed by atoms with Crippen molar-refractivity contribution in [2.75, 3.05) is 0 Å². The van der Waals surface area contributed by atoms with Gasteiger partial charge in [-0.2, -0.15) is 0 Å². The van der Waals surface area contributed by atoms with Gasteiger partial charge >= 0.3 is 6.09 Å². The number of rotatable bonds is 2. The number of benzene rings is 1. The van der Waals surface area contributed by atoms with Crippen LogP contribution in [0.2, 0.25) is 0 Å². The summed E-state index contributed by atoms with van der Waals surface area (Å²) in [5, 5.41) is 9.69. The number of carbonyl (C=O) groups is 1. The van der Waals surface area contributed by atoms with Crippen LogP contribution in [0, 0.1) is 0 Å². The van der Waals surface area contributed by atoms with Crippen molar-refractivity contribution in [1.82, 2.24) is 4.90 Å². The number of amides is 1. The maximum absolute atomic E-state index is 12.4. The molecular formula is C17H23NO3. The fraction of sp³-hybridized carbons (Fsp3) is 0.588. The number of hydrogen-bond donors (Lipinski definition) is 1. The third-order valence-corrected chi connectivity index (χ3v) is 4.67. The zero-order chi connectivity index (χ0) is 15.0. The Hall–Kier alpha value is -1.55. The number of aliphatic hydroxyl groups is 1. The van der Waals surface area contributed by atoms with Crippen molar-refractivity contribution < 1.29 is 14.6 Å². The van der Waals surface area contributed by atoms with Crippen LogP contribution in [0.4, 0.5) is 4.79 Å². The van der Waals surface area contributed by atoms with Crippen molar-refractivity contribution in [1.29, 1.82) is 0 Å². The molecule has 1 atom stereocenters. The molecule has 1 aromatic rings. The lowest BCUT2D eigenvalue weighted by atomic mass is 9.87. The lowest BCUT2D eigenvalue weighted by Gasteiger charge is -2.37. The van der Waals surface area contributed by atoms with Crippen molar-refractivity contribution in [2.24, 2.45) is 0 Å². The highest BCUT2D eigenvalue weighted by Crippen LogP contribution is 2.44. The van der Waals surface area contributed by atoms with E-state index in [1.165, 1.54) is 0 Å². The van der Waals surface area contributed by atoms with E-state index in [0.29, 0.717) is 0 Å². The van der Waals surface area contributed by atoms with Crippen molar-refractivity contribution >= 4 is 6.09 Å². The minimum absolute atomic E-state index is 0.0635. The van der Waals surface area contributed by atoms with E-state index < -0.39 is 5.60 Å². The maximum Gasteiger partial charge on any atom is 0.411 e. The molecule has 1 heterocycles. The van der Waals surface area contributed by atoms with E-state index in [1.54, 1.807) is 0 Å². The number of cyclic esters (lactones) is 1. The van der Waals surface area contributed by atoms with Gasteiger partial charge in [-0.3, -0.25) is 4.90 Å². The highest BCUT2D eigenvalue weighted by Gasteiger charge is 2.51. The Bertz CT molecular complexity index is 506. The Morgan fingerprint density at radius 1 is 1.14 bits per heavy atom. The molecule has 1 saturated heterocycles. The maximum atomic E-state index is 12.4. The highest BCUT2D eigenvalue weighted by atomic mass is 16.6. The van der Waals surface area contributed by atoms with Crippen molar-refractivity contribution in [3.05, 3.63) is 35.9 Å². The smallest absolute Gasteiger partial charge is 0.411 e. The highest BCUT2D eigenvalue weighted by molar-refractivity contribution is 5.72. The van der Waals surface area contributed by atoms with Gasteiger partial charge < -0.3 is 9.84 Å². The van der Waals surface area contributed by atoms with Crippen LogP contribution in [0.15, 0.2) is 30.3 Å². The minimum Gasteiger partial charge on any atom is -0.441 e. The van der Waals surface area contributed by atoms with Crippen LogP contribution in [0.1, 0.15) is 51.1 Å². The van der Waals surface area contributed by atoms with E-state index in [2.05, 4.69) is 12.1 Å². The molecule has 0 aromatic heterocycles. The number of nitrogens with zero attached hydrogens (tertiary/aromatic N) is 1. The van der Waals surface area contributed by atoms with E-state index in [9.17, 15) is 9.90 Å². The molecule has 1 aliphatic heterocycles. The molecule has 2 aliphatic rings. The number of hydrogen-bond acceptors (Lipinski definition) is 3. The minimum atomic E-state index is -0.533. The summed E-state index contributed by atoms with van der Waals surface area (Å²) in [6, 6.07) is 10.2. The second-order valence-electron chi connectivity index (χ2n) is 6.65. The molecule has 21 heavy (non-hydrogen) atoms. The summed E-state index contributed by atoms with van der Waals surface area (Å²) in [7, 11) is 0. The normalized spacial score (nSPS) is 32.0. The van der Waals surface area contributed by atoms with Crippen LogP contribution < -0.4 is 0 Å². The molecule has 1 amide bonds. The summed E-state index contributed by atoms with van der Waals surface area (Å²) in [4.78, 5) is 14.3. The third-order valence-electron chi connectivity index (χ3n) is 4.67. The Morgan fingerprint density at radius 2 is 1.76 bits per heavy atom. The Kier molecular flexibility index (Phi) is 3.66. The summed E-state index contributed by atoms with van der Waals surface area (Å²) in [6.07, 6.45) is 2.76. The third kappa shape index (κ3) is 2.64. The van der Waals surface area contributed by atoms with Gasteiger partial charge in [0.05, 0.1) is 12.1 Å². The van der Waals surface area contributed by atoms with Gasteiger partial charge in [0.25, 0.3) is 0 Å². The molecule has 3 rings (SSSR count). The Labute approximate surface area is 125 Å². The topological polar surface area (TPSA) is 49.8 Å². The first-order chi connectivity index (χ1) is 9.99. The van der Waals surface area contributed by atoms with Gasteiger partial charge in [0, 0.05) is 6.04 Å². The number of carbonyl (C=O) groups excluding carboxylic acids is 1. The fourth-order valence-electron chi connectivity index (χ4n) is 3.67. The van der Waals surface area contributed by atoms with Crippen LogP contribution in [0.3, 0.4) is 0 Å². The van der Waals surface area contributed by atoms with Crippen molar-refractivity contribution in [3.8, 4) is 0 Å². The van der Waals surface area contributed by atoms with Crippen LogP contribution >= 0.6 is 0 Å². The van der Waals surface area contributed by atoms with Gasteiger partial charge in [-0.05, 0) is 45.1 Å². The van der Waals surface area contributed by atoms with Gasteiger partial charge in [0.15, 0.2) is 0 Å². The van der Waals surface area contributed by atoms with E-state index in [1.807, 2.05) is 36.9 Å². The molecule has 1 saturated carbocycles. The van der Waals surface area contributed by atoms with Gasteiger partial charge in [-0.15, -0.1) is 0 Å². The largest absolute Gasteiger partial charge is 0.441 e. The lowest BCUT2D eigenvalue weighted by molar-refractivity contribution is 0.0623. The molecule has 1 aromatic carbocycles. The van der Waals surface area contributed by atoms with Gasteiger partial charge in [-0.1, -0.05) is 30.3 Å². The summed E-state index contributed by atoms with van der Waals surface area (Å²) in [5.74, 6) is 0. The molecule has 0 unspecified atom stereocenters. The summed E-state index contributed by atoms with van der Waals surface area (Å²) in [5.41, 5.74) is 0.577. The number of ether oxygens (including phenoxy) is 1. The first-order valence-corrected chi connectivity index (χ1v) is 7.73. The van der Waals surface area contributed by atoms with E-state index in [0.717, 1.165) is 31.2 Å². The van der Waals surface area contributed by atoms with Crippen LogP contribution in [-0.2, 0) is 4.74 Å². The Morgan fingerprint density at radius 3 is 2.38 bits per heavy atom. The number of aliphatic hydroxyl groups excluding tert-OH is 1. The molecule has 1 N–H and O–H groups in total. The summed E-state index contributed by atoms with van der Waals surface area (Å²) in [6.45, 7) is 3.94. The molecule has 1 aliphatic carbocycles. The van der Waals surface area contributed by atoms with Crippen LogP contribution in [-0.4, -0.2) is 33.8 Å². The standard InChI is InChI=1S/C17H23NO3/c1-17(2)15(12-6-4-3-5-7-12)18(16(20)21-17)13-8-10-14(19)11-9-13/h3-7,13-15,19H,8-11H2,1-2H3/t13-,14+,15-/m0/s1. The second kappa shape index (κ2) is 5.34. The molecule has 2 fully saturated rings. The van der Waals surface area contributed by atoms with Gasteiger partial charge in [0.1, 0.15) is 5.60 Å². The van der Waals surface area contributed by atoms with E-state index in [4.69, 9.17) is 4.74 Å². The first-order valence-electron chi connectivity index (χ1n) is 7.73. The average molecular weight is 289 g/mol. The van der Waals surface area contributed by atoms with Gasteiger partial charge in [-0.25, -0.2) is 4.79 Å².